The van der Waals surface area contributed by atoms with Gasteiger partial charge in [-0.05, 0) is 54.3 Å². The van der Waals surface area contributed by atoms with Gasteiger partial charge in [-0.25, -0.2) is 0 Å². The van der Waals surface area contributed by atoms with Gasteiger partial charge >= 0.3 is 0 Å². The maximum Gasteiger partial charge on any atom is 0.300 e. The second-order valence-electron chi connectivity index (χ2n) is 6.63. The van der Waals surface area contributed by atoms with E-state index in [0.29, 0.717) is 11.3 Å². The van der Waals surface area contributed by atoms with Crippen molar-refractivity contribution in [2.45, 2.75) is 13.0 Å². The number of ketones is 1. The largest absolute Gasteiger partial charge is 0.507 e. The Bertz CT molecular complexity index is 1150. The third kappa shape index (κ3) is 3.58. The van der Waals surface area contributed by atoms with Crippen LogP contribution in [0.1, 0.15) is 22.0 Å². The lowest BCUT2D eigenvalue weighted by Crippen LogP contribution is -2.29. The smallest absolute Gasteiger partial charge is 0.300 e. The van der Waals surface area contributed by atoms with E-state index in [4.69, 9.17) is 0 Å². The lowest BCUT2D eigenvalue weighted by Gasteiger charge is -2.24. The minimum atomic E-state index is -0.693. The van der Waals surface area contributed by atoms with E-state index < -0.39 is 17.7 Å². The van der Waals surface area contributed by atoms with Crippen LogP contribution >= 0.6 is 43.2 Å². The maximum absolute atomic E-state index is 13.0. The normalized spacial score (nSPS) is 18.4. The molecule has 1 fully saturated rings. The number of rotatable bonds is 3. The van der Waals surface area contributed by atoms with Crippen LogP contribution in [0.15, 0.2) is 74.5 Å². The van der Waals surface area contributed by atoms with Crippen LogP contribution in [0.3, 0.4) is 0 Å². The first-order chi connectivity index (χ1) is 13.9. The van der Waals surface area contributed by atoms with Crippen molar-refractivity contribution in [3.05, 3.63) is 90.5 Å². The van der Waals surface area contributed by atoms with Crippen molar-refractivity contribution in [3.63, 3.8) is 0 Å². The van der Waals surface area contributed by atoms with E-state index in [9.17, 15) is 14.7 Å². The number of anilines is 1. The van der Waals surface area contributed by atoms with Gasteiger partial charge in [0.25, 0.3) is 11.7 Å². The summed E-state index contributed by atoms with van der Waals surface area (Å²) in [7, 11) is 0. The first-order valence-corrected chi connectivity index (χ1v) is 11.2. The van der Waals surface area contributed by atoms with Gasteiger partial charge in [0.1, 0.15) is 11.8 Å². The molecule has 3 aromatic rings. The molecule has 1 amide bonds. The van der Waals surface area contributed by atoms with E-state index in [0.717, 1.165) is 19.4 Å². The zero-order chi connectivity index (χ0) is 20.7. The summed E-state index contributed by atoms with van der Waals surface area (Å²) >= 11 is 8.30. The van der Waals surface area contributed by atoms with E-state index >= 15 is 0 Å². The molecule has 1 saturated heterocycles. The van der Waals surface area contributed by atoms with Crippen molar-refractivity contribution in [1.29, 1.82) is 0 Å². The Balaban J connectivity index is 1.94. The van der Waals surface area contributed by atoms with Crippen molar-refractivity contribution in [2.24, 2.45) is 0 Å². The molecule has 1 aliphatic heterocycles. The van der Waals surface area contributed by atoms with Crippen molar-refractivity contribution in [2.75, 3.05) is 4.90 Å². The average molecular weight is 533 g/mol. The van der Waals surface area contributed by atoms with Crippen LogP contribution in [-0.4, -0.2) is 16.8 Å². The van der Waals surface area contributed by atoms with E-state index in [-0.39, 0.29) is 11.3 Å². The van der Waals surface area contributed by atoms with E-state index in [1.54, 1.807) is 24.3 Å². The number of benzene rings is 2. The Hall–Kier alpha value is -2.22. The molecule has 0 aliphatic carbocycles. The molecule has 2 aromatic carbocycles. The van der Waals surface area contributed by atoms with Crippen LogP contribution in [0.5, 0.6) is 0 Å². The molecule has 1 aliphatic rings. The average Bonchev–Trinajstić information content (AvgIpc) is 3.31. The lowest BCUT2D eigenvalue weighted by molar-refractivity contribution is -0.132. The molecule has 1 aromatic heterocycles. The van der Waals surface area contributed by atoms with Crippen LogP contribution < -0.4 is 4.90 Å². The highest BCUT2D eigenvalue weighted by molar-refractivity contribution is 9.10. The van der Waals surface area contributed by atoms with E-state index in [1.165, 1.54) is 16.2 Å². The second kappa shape index (κ2) is 7.89. The summed E-state index contributed by atoms with van der Waals surface area (Å²) in [6.45, 7) is 1.90. The summed E-state index contributed by atoms with van der Waals surface area (Å²) < 4.78 is 1.70. The number of nitrogens with zero attached hydrogens (tertiary/aromatic N) is 1. The number of hydrogen-bond donors (Lipinski definition) is 1. The molecular formula is C22H15Br2NO3S. The van der Waals surface area contributed by atoms with Crippen LogP contribution in [0.4, 0.5) is 5.69 Å². The van der Waals surface area contributed by atoms with Crippen molar-refractivity contribution >= 4 is 66.3 Å². The zero-order valence-electron chi connectivity index (χ0n) is 15.2. The Morgan fingerprint density at radius 1 is 1.07 bits per heavy atom. The Labute approximate surface area is 188 Å². The predicted molar refractivity (Wildman–Crippen MR) is 122 cm³/mol. The van der Waals surface area contributed by atoms with Crippen LogP contribution in [0, 0.1) is 6.92 Å². The number of halogens is 2. The van der Waals surface area contributed by atoms with Gasteiger partial charge in [0.15, 0.2) is 0 Å². The van der Waals surface area contributed by atoms with Gasteiger partial charge in [-0.3, -0.25) is 14.5 Å². The number of hydrogen-bond acceptors (Lipinski definition) is 4. The van der Waals surface area contributed by atoms with Gasteiger partial charge in [0.2, 0.25) is 0 Å². The molecule has 0 radical (unpaired) electrons. The minimum absolute atomic E-state index is 0.0964. The summed E-state index contributed by atoms with van der Waals surface area (Å²) in [4.78, 5) is 28.3. The number of aliphatic hydroxyl groups is 1. The number of aliphatic hydroxyl groups excluding tert-OH is 1. The third-order valence-corrected chi connectivity index (χ3v) is 7.08. The molecular weight excluding hydrogens is 518 g/mol. The van der Waals surface area contributed by atoms with Gasteiger partial charge in [-0.2, -0.15) is 0 Å². The first kappa shape index (κ1) is 20.1. The number of thiophene rings is 1. The number of amides is 1. The number of carbonyl (C=O) groups is 2. The highest BCUT2D eigenvalue weighted by atomic mass is 79.9. The molecule has 7 heteroatoms. The lowest BCUT2D eigenvalue weighted by atomic mass is 9.99. The standard InChI is InChI=1S/C22H15Br2NO3S/c1-12-10-13(7-8-16(12)24)20(26)18-19(17-6-3-9-29-17)25(22(28)21(18)27)15-5-2-4-14(23)11-15/h2-11,19,26H,1H3/b20-18-. The summed E-state index contributed by atoms with van der Waals surface area (Å²) in [5.41, 5.74) is 2.10. The molecule has 0 bridgehead atoms. The summed E-state index contributed by atoms with van der Waals surface area (Å²) in [5, 5.41) is 13.0. The van der Waals surface area contributed by atoms with Gasteiger partial charge in [0, 0.05) is 25.1 Å². The Kier molecular flexibility index (Phi) is 5.46. The maximum atomic E-state index is 13.0. The molecule has 1 N–H and O–H groups in total. The van der Waals surface area contributed by atoms with Crippen LogP contribution in [0.2, 0.25) is 0 Å². The minimum Gasteiger partial charge on any atom is -0.507 e. The van der Waals surface area contributed by atoms with Crippen LogP contribution in [-0.2, 0) is 9.59 Å². The zero-order valence-corrected chi connectivity index (χ0v) is 19.2. The summed E-state index contributed by atoms with van der Waals surface area (Å²) in [6, 6.07) is 15.6. The fourth-order valence-corrected chi connectivity index (χ4v) is 4.85. The molecule has 0 saturated carbocycles. The van der Waals surface area contributed by atoms with Gasteiger partial charge in [0.05, 0.1) is 5.57 Å². The molecule has 2 heterocycles. The Morgan fingerprint density at radius 2 is 1.86 bits per heavy atom. The van der Waals surface area contributed by atoms with E-state index in [1.807, 2.05) is 42.6 Å². The van der Waals surface area contributed by atoms with Gasteiger partial charge in [-0.15, -0.1) is 11.3 Å². The SMILES string of the molecule is Cc1cc(/C(O)=C2/C(=O)C(=O)N(c3cccc(Br)c3)C2c2cccs2)ccc1Br. The Morgan fingerprint density at radius 3 is 2.52 bits per heavy atom. The summed E-state index contributed by atoms with van der Waals surface area (Å²) in [5.74, 6) is -1.52. The fraction of sp³-hybridized carbons (Fsp3) is 0.0909. The van der Waals surface area contributed by atoms with Crippen molar-refractivity contribution in [1.82, 2.24) is 0 Å². The number of carbonyl (C=O) groups excluding carboxylic acids is 2. The molecule has 29 heavy (non-hydrogen) atoms. The molecule has 1 unspecified atom stereocenters. The van der Waals surface area contributed by atoms with Crippen molar-refractivity contribution < 1.29 is 14.7 Å². The summed E-state index contributed by atoms with van der Waals surface area (Å²) in [6.07, 6.45) is 0. The highest BCUT2D eigenvalue weighted by Gasteiger charge is 2.47. The quantitative estimate of drug-likeness (QED) is 0.248. The molecule has 1 atom stereocenters. The molecule has 4 nitrogen and oxygen atoms in total. The molecule has 4 rings (SSSR count). The third-order valence-electron chi connectivity index (χ3n) is 4.77. The monoisotopic (exact) mass is 531 g/mol. The number of Topliss-reactive ketones (excluding diaryl/α,β-unsaturated/α-hetero) is 1. The number of aryl methyl sites for hydroxylation is 1. The van der Waals surface area contributed by atoms with Crippen molar-refractivity contribution in [3.8, 4) is 0 Å². The van der Waals surface area contributed by atoms with Gasteiger partial charge in [-0.1, -0.05) is 50.1 Å². The highest BCUT2D eigenvalue weighted by Crippen LogP contribution is 2.44. The molecule has 0 spiro atoms. The predicted octanol–water partition coefficient (Wildman–Crippen LogP) is 6.21. The molecule has 146 valence electrons. The van der Waals surface area contributed by atoms with E-state index in [2.05, 4.69) is 31.9 Å². The van der Waals surface area contributed by atoms with Gasteiger partial charge < -0.3 is 5.11 Å². The topological polar surface area (TPSA) is 57.6 Å². The second-order valence-corrected chi connectivity index (χ2v) is 9.38. The van der Waals surface area contributed by atoms with Crippen LogP contribution in [0.25, 0.3) is 5.76 Å². The first-order valence-electron chi connectivity index (χ1n) is 8.75. The fourth-order valence-electron chi connectivity index (χ4n) is 3.39.